The highest BCUT2D eigenvalue weighted by atomic mass is 19.1. The standard InChI is InChI=1S/C18H23FN2O3/c1-14(22)3-8-17(23)20-9-2-10-21(12-11-20)18(24)13-15-4-6-16(19)7-5-15/h4-7H,2-3,8-13H2,1H3. The summed E-state index contributed by atoms with van der Waals surface area (Å²) in [7, 11) is 0. The van der Waals surface area contributed by atoms with Crippen molar-refractivity contribution in [3.63, 3.8) is 0 Å². The Morgan fingerprint density at radius 2 is 1.50 bits per heavy atom. The molecule has 1 aliphatic rings. The Labute approximate surface area is 141 Å². The van der Waals surface area contributed by atoms with Gasteiger partial charge >= 0.3 is 0 Å². The molecule has 0 saturated carbocycles. The van der Waals surface area contributed by atoms with Crippen LogP contribution < -0.4 is 0 Å². The SMILES string of the molecule is CC(=O)CCC(=O)N1CCCN(C(=O)Cc2ccc(F)cc2)CC1. The van der Waals surface area contributed by atoms with Crippen LogP contribution in [0.3, 0.4) is 0 Å². The number of carbonyl (C=O) groups is 3. The number of hydrogen-bond acceptors (Lipinski definition) is 3. The van der Waals surface area contributed by atoms with Crippen LogP contribution in [0, 0.1) is 5.82 Å². The van der Waals surface area contributed by atoms with Crippen LogP contribution >= 0.6 is 0 Å². The number of carbonyl (C=O) groups excluding carboxylic acids is 3. The van der Waals surface area contributed by atoms with Gasteiger partial charge in [-0.1, -0.05) is 12.1 Å². The molecule has 5 nitrogen and oxygen atoms in total. The van der Waals surface area contributed by atoms with Crippen LogP contribution in [0.5, 0.6) is 0 Å². The summed E-state index contributed by atoms with van der Waals surface area (Å²) in [5.74, 6) is -0.354. The van der Waals surface area contributed by atoms with Gasteiger partial charge in [-0.2, -0.15) is 0 Å². The Bertz CT molecular complexity index is 601. The lowest BCUT2D eigenvalue weighted by Gasteiger charge is -2.22. The van der Waals surface area contributed by atoms with E-state index in [9.17, 15) is 18.8 Å². The van der Waals surface area contributed by atoms with Gasteiger partial charge in [0.25, 0.3) is 0 Å². The third kappa shape index (κ3) is 5.44. The molecule has 1 heterocycles. The van der Waals surface area contributed by atoms with E-state index in [0.29, 0.717) is 26.2 Å². The normalized spacial score (nSPS) is 15.1. The lowest BCUT2D eigenvalue weighted by Crippen LogP contribution is -2.38. The van der Waals surface area contributed by atoms with Gasteiger partial charge in [0.05, 0.1) is 6.42 Å². The number of nitrogens with zero attached hydrogens (tertiary/aromatic N) is 2. The maximum absolute atomic E-state index is 12.9. The Balaban J connectivity index is 1.85. The molecule has 1 aromatic carbocycles. The van der Waals surface area contributed by atoms with Crippen LogP contribution in [0.25, 0.3) is 0 Å². The fourth-order valence-corrected chi connectivity index (χ4v) is 2.75. The Hall–Kier alpha value is -2.24. The second-order valence-electron chi connectivity index (χ2n) is 6.12. The van der Waals surface area contributed by atoms with Gasteiger partial charge < -0.3 is 14.6 Å². The summed E-state index contributed by atoms with van der Waals surface area (Å²) in [6, 6.07) is 5.92. The Morgan fingerprint density at radius 1 is 0.917 bits per heavy atom. The maximum atomic E-state index is 12.9. The maximum Gasteiger partial charge on any atom is 0.227 e. The van der Waals surface area contributed by atoms with Gasteiger partial charge in [-0.3, -0.25) is 9.59 Å². The van der Waals surface area contributed by atoms with Gasteiger partial charge in [0, 0.05) is 39.0 Å². The predicted octanol–water partition coefficient (Wildman–Crippen LogP) is 1.80. The quantitative estimate of drug-likeness (QED) is 0.825. The molecule has 1 saturated heterocycles. The molecular weight excluding hydrogens is 311 g/mol. The van der Waals surface area contributed by atoms with E-state index in [1.807, 2.05) is 0 Å². The summed E-state index contributed by atoms with van der Waals surface area (Å²) >= 11 is 0. The minimum atomic E-state index is -0.319. The molecule has 1 aliphatic heterocycles. The third-order valence-corrected chi connectivity index (χ3v) is 4.16. The minimum Gasteiger partial charge on any atom is -0.341 e. The molecule has 0 radical (unpaired) electrons. The first-order valence-corrected chi connectivity index (χ1v) is 8.25. The van der Waals surface area contributed by atoms with E-state index in [1.165, 1.54) is 19.1 Å². The first-order chi connectivity index (χ1) is 11.5. The summed E-state index contributed by atoms with van der Waals surface area (Å²) < 4.78 is 12.9. The van der Waals surface area contributed by atoms with E-state index in [0.717, 1.165) is 12.0 Å². The molecule has 130 valence electrons. The molecule has 1 fully saturated rings. The Kier molecular flexibility index (Phi) is 6.46. The van der Waals surface area contributed by atoms with Crippen LogP contribution in [-0.2, 0) is 20.8 Å². The first-order valence-electron chi connectivity index (χ1n) is 8.25. The number of amides is 2. The second-order valence-corrected chi connectivity index (χ2v) is 6.12. The average Bonchev–Trinajstić information content (AvgIpc) is 2.81. The second kappa shape index (κ2) is 8.57. The minimum absolute atomic E-state index is 0.00859. The van der Waals surface area contributed by atoms with Crippen molar-refractivity contribution in [2.75, 3.05) is 26.2 Å². The fourth-order valence-electron chi connectivity index (χ4n) is 2.75. The van der Waals surface area contributed by atoms with E-state index >= 15 is 0 Å². The number of rotatable bonds is 5. The van der Waals surface area contributed by atoms with Gasteiger partial charge in [0.2, 0.25) is 11.8 Å². The zero-order valence-corrected chi connectivity index (χ0v) is 14.0. The summed E-state index contributed by atoms with van der Waals surface area (Å²) in [6.45, 7) is 3.68. The topological polar surface area (TPSA) is 57.7 Å². The molecule has 0 bridgehead atoms. The van der Waals surface area contributed by atoms with E-state index < -0.39 is 0 Å². The molecule has 0 aliphatic carbocycles. The lowest BCUT2D eigenvalue weighted by molar-refractivity contribution is -0.134. The third-order valence-electron chi connectivity index (χ3n) is 4.16. The molecule has 0 unspecified atom stereocenters. The van der Waals surface area contributed by atoms with Crippen LogP contribution in [-0.4, -0.2) is 53.6 Å². The van der Waals surface area contributed by atoms with Crippen molar-refractivity contribution >= 4 is 17.6 Å². The lowest BCUT2D eigenvalue weighted by atomic mass is 10.1. The van der Waals surface area contributed by atoms with Gasteiger partial charge in [0.15, 0.2) is 0 Å². The predicted molar refractivity (Wildman–Crippen MR) is 87.8 cm³/mol. The van der Waals surface area contributed by atoms with Gasteiger partial charge in [-0.05, 0) is 31.0 Å². The van der Waals surface area contributed by atoms with Crippen LogP contribution in [0.4, 0.5) is 4.39 Å². The van der Waals surface area contributed by atoms with Gasteiger partial charge in [-0.25, -0.2) is 4.39 Å². The zero-order chi connectivity index (χ0) is 17.5. The van der Waals surface area contributed by atoms with Crippen molar-refractivity contribution in [3.05, 3.63) is 35.6 Å². The van der Waals surface area contributed by atoms with E-state index in [-0.39, 0.29) is 42.7 Å². The first kappa shape index (κ1) is 18.1. The van der Waals surface area contributed by atoms with Crippen molar-refractivity contribution in [1.82, 2.24) is 9.80 Å². The summed E-state index contributed by atoms with van der Waals surface area (Å²) in [6.07, 6.45) is 1.46. The summed E-state index contributed by atoms with van der Waals surface area (Å²) in [5, 5.41) is 0. The molecular formula is C18H23FN2O3. The molecule has 2 rings (SSSR count). The van der Waals surface area contributed by atoms with Gasteiger partial charge in [0.1, 0.15) is 11.6 Å². The molecule has 1 aromatic rings. The molecule has 24 heavy (non-hydrogen) atoms. The van der Waals surface area contributed by atoms with Crippen molar-refractivity contribution in [2.45, 2.75) is 32.6 Å². The van der Waals surface area contributed by atoms with E-state index in [1.54, 1.807) is 21.9 Å². The molecule has 0 N–H and O–H groups in total. The van der Waals surface area contributed by atoms with E-state index in [2.05, 4.69) is 0 Å². The van der Waals surface area contributed by atoms with Crippen molar-refractivity contribution in [1.29, 1.82) is 0 Å². The van der Waals surface area contributed by atoms with Crippen LogP contribution in [0.15, 0.2) is 24.3 Å². The highest BCUT2D eigenvalue weighted by Gasteiger charge is 2.22. The van der Waals surface area contributed by atoms with E-state index in [4.69, 9.17) is 0 Å². The van der Waals surface area contributed by atoms with Crippen molar-refractivity contribution in [3.8, 4) is 0 Å². The largest absolute Gasteiger partial charge is 0.341 e. The number of benzene rings is 1. The molecule has 2 amide bonds. The van der Waals surface area contributed by atoms with Crippen LogP contribution in [0.2, 0.25) is 0 Å². The zero-order valence-electron chi connectivity index (χ0n) is 14.0. The highest BCUT2D eigenvalue weighted by molar-refractivity contribution is 5.83. The fraction of sp³-hybridized carbons (Fsp3) is 0.500. The number of halogens is 1. The average molecular weight is 334 g/mol. The van der Waals surface area contributed by atoms with Gasteiger partial charge in [-0.15, -0.1) is 0 Å². The summed E-state index contributed by atoms with van der Waals surface area (Å²) in [5.41, 5.74) is 0.778. The van der Waals surface area contributed by atoms with Crippen molar-refractivity contribution in [2.24, 2.45) is 0 Å². The molecule has 6 heteroatoms. The molecule has 0 aromatic heterocycles. The number of hydrogen-bond donors (Lipinski definition) is 0. The monoisotopic (exact) mass is 334 g/mol. The number of ketones is 1. The molecule has 0 atom stereocenters. The molecule has 0 spiro atoms. The van der Waals surface area contributed by atoms with Crippen molar-refractivity contribution < 1.29 is 18.8 Å². The Morgan fingerprint density at radius 3 is 2.08 bits per heavy atom. The smallest absolute Gasteiger partial charge is 0.227 e. The highest BCUT2D eigenvalue weighted by Crippen LogP contribution is 2.10. The number of Topliss-reactive ketones (excluding diaryl/α,β-unsaturated/α-hetero) is 1. The summed E-state index contributed by atoms with van der Waals surface area (Å²) in [4.78, 5) is 38.9. The van der Waals surface area contributed by atoms with Crippen LogP contribution in [0.1, 0.15) is 31.7 Å².